The molecule has 1 aliphatic rings. The molecule has 0 spiro atoms. The lowest BCUT2D eigenvalue weighted by Gasteiger charge is -2.32. The van der Waals surface area contributed by atoms with Crippen molar-refractivity contribution in [2.24, 2.45) is 5.92 Å². The van der Waals surface area contributed by atoms with Gasteiger partial charge < -0.3 is 19.7 Å². The Balaban J connectivity index is 1.74. The molecule has 27 heavy (non-hydrogen) atoms. The largest absolute Gasteiger partial charge is 0.455 e. The Labute approximate surface area is 172 Å². The van der Waals surface area contributed by atoms with Crippen LogP contribution in [0.4, 0.5) is 10.5 Å². The van der Waals surface area contributed by atoms with Gasteiger partial charge in [-0.1, -0.05) is 12.1 Å². The fourth-order valence-corrected chi connectivity index (χ4v) is 3.15. The average Bonchev–Trinajstić information content (AvgIpc) is 2.60. The lowest BCUT2D eigenvalue weighted by atomic mass is 9.97. The van der Waals surface area contributed by atoms with Gasteiger partial charge in [0.1, 0.15) is 5.60 Å². The van der Waals surface area contributed by atoms with E-state index in [2.05, 4.69) is 27.9 Å². The number of halogens is 1. The molecule has 1 fully saturated rings. The summed E-state index contributed by atoms with van der Waals surface area (Å²) in [6, 6.07) is 7.36. The summed E-state index contributed by atoms with van der Waals surface area (Å²) in [5, 5.41) is 2.72. The van der Waals surface area contributed by atoms with Gasteiger partial charge in [0.05, 0.1) is 11.6 Å². The smallest absolute Gasteiger partial charge is 0.410 e. The predicted octanol–water partition coefficient (Wildman–Crippen LogP) is 3.42. The Morgan fingerprint density at radius 3 is 2.41 bits per heavy atom. The van der Waals surface area contributed by atoms with Crippen molar-refractivity contribution in [1.82, 2.24) is 4.90 Å². The number of hydrogen-bond donors (Lipinski definition) is 1. The fourth-order valence-electron chi connectivity index (χ4n) is 2.63. The second-order valence-corrected chi connectivity index (χ2v) is 8.54. The number of hydrogen-bond acceptors (Lipinski definition) is 5. The van der Waals surface area contributed by atoms with E-state index < -0.39 is 11.6 Å². The quantitative estimate of drug-likeness (QED) is 0.519. The number of para-hydroxylation sites is 1. The van der Waals surface area contributed by atoms with Gasteiger partial charge in [-0.25, -0.2) is 4.79 Å². The topological polar surface area (TPSA) is 84.9 Å². The van der Waals surface area contributed by atoms with Crippen LogP contribution in [0.25, 0.3) is 0 Å². The summed E-state index contributed by atoms with van der Waals surface area (Å²) in [6.45, 7) is 5.99. The summed E-state index contributed by atoms with van der Waals surface area (Å²) in [4.78, 5) is 37.8. The monoisotopic (exact) mass is 488 g/mol. The zero-order valence-electron chi connectivity index (χ0n) is 15.8. The van der Waals surface area contributed by atoms with Crippen LogP contribution in [0.2, 0.25) is 0 Å². The SMILES string of the molecule is CC(C)(C)OC(=O)N1CCC(C(=O)OCC(=O)Nc2ccccc2I)CC1. The molecule has 0 saturated carbocycles. The number of carbonyl (C=O) groups is 3. The lowest BCUT2D eigenvalue weighted by Crippen LogP contribution is -2.43. The van der Waals surface area contributed by atoms with E-state index in [9.17, 15) is 14.4 Å². The average molecular weight is 488 g/mol. The number of nitrogens with zero attached hydrogens (tertiary/aromatic N) is 1. The van der Waals surface area contributed by atoms with Crippen molar-refractivity contribution in [3.8, 4) is 0 Å². The number of carbonyl (C=O) groups excluding carboxylic acids is 3. The molecule has 0 aromatic heterocycles. The van der Waals surface area contributed by atoms with Crippen molar-refractivity contribution in [3.05, 3.63) is 27.8 Å². The third-order valence-electron chi connectivity index (χ3n) is 3.97. The van der Waals surface area contributed by atoms with Gasteiger partial charge in [0.25, 0.3) is 5.91 Å². The number of piperidine rings is 1. The third-order valence-corrected chi connectivity index (χ3v) is 4.91. The number of rotatable bonds is 4. The van der Waals surface area contributed by atoms with E-state index in [4.69, 9.17) is 9.47 Å². The van der Waals surface area contributed by atoms with Crippen LogP contribution in [0, 0.1) is 9.49 Å². The minimum atomic E-state index is -0.545. The zero-order valence-corrected chi connectivity index (χ0v) is 17.9. The Hall–Kier alpha value is -1.84. The highest BCUT2D eigenvalue weighted by Gasteiger charge is 2.30. The zero-order chi connectivity index (χ0) is 20.0. The minimum Gasteiger partial charge on any atom is -0.455 e. The fraction of sp³-hybridized carbons (Fsp3) is 0.526. The number of esters is 1. The lowest BCUT2D eigenvalue weighted by molar-refractivity contribution is -0.153. The predicted molar refractivity (Wildman–Crippen MR) is 109 cm³/mol. The van der Waals surface area contributed by atoms with Crippen molar-refractivity contribution in [3.63, 3.8) is 0 Å². The van der Waals surface area contributed by atoms with Gasteiger partial charge in [0.15, 0.2) is 6.61 Å². The molecule has 0 aliphatic carbocycles. The Bertz CT molecular complexity index is 694. The Morgan fingerprint density at radius 1 is 1.19 bits per heavy atom. The molecule has 7 nitrogen and oxygen atoms in total. The van der Waals surface area contributed by atoms with E-state index >= 15 is 0 Å². The van der Waals surface area contributed by atoms with Crippen LogP contribution < -0.4 is 5.32 Å². The minimum absolute atomic E-state index is 0.312. The van der Waals surface area contributed by atoms with Crippen LogP contribution in [-0.2, 0) is 19.1 Å². The first-order valence-corrected chi connectivity index (χ1v) is 9.92. The maximum atomic E-state index is 12.2. The van der Waals surface area contributed by atoms with Crippen molar-refractivity contribution in [1.29, 1.82) is 0 Å². The molecule has 1 aromatic rings. The molecular formula is C19H25IN2O5. The Morgan fingerprint density at radius 2 is 1.81 bits per heavy atom. The van der Waals surface area contributed by atoms with E-state index in [1.165, 1.54) is 0 Å². The molecule has 148 valence electrons. The van der Waals surface area contributed by atoms with E-state index in [1.807, 2.05) is 39.0 Å². The van der Waals surface area contributed by atoms with Crippen LogP contribution in [0.15, 0.2) is 24.3 Å². The first-order valence-electron chi connectivity index (χ1n) is 8.84. The van der Waals surface area contributed by atoms with Crippen molar-refractivity contribution < 1.29 is 23.9 Å². The van der Waals surface area contributed by atoms with Crippen LogP contribution in [-0.4, -0.2) is 48.2 Å². The molecule has 0 atom stereocenters. The van der Waals surface area contributed by atoms with Crippen LogP contribution in [0.3, 0.4) is 0 Å². The number of anilines is 1. The van der Waals surface area contributed by atoms with Gasteiger partial charge in [-0.15, -0.1) is 0 Å². The maximum Gasteiger partial charge on any atom is 0.410 e. The highest BCUT2D eigenvalue weighted by molar-refractivity contribution is 14.1. The molecule has 1 N–H and O–H groups in total. The molecule has 0 unspecified atom stereocenters. The number of amides is 2. The number of ether oxygens (including phenoxy) is 2. The summed E-state index contributed by atoms with van der Waals surface area (Å²) in [5.41, 5.74) is 0.140. The third kappa shape index (κ3) is 7.00. The first kappa shape index (κ1) is 21.5. The van der Waals surface area contributed by atoms with Crippen LogP contribution >= 0.6 is 22.6 Å². The van der Waals surface area contributed by atoms with Gasteiger partial charge in [0.2, 0.25) is 0 Å². The number of likely N-dealkylation sites (tertiary alicyclic amines) is 1. The van der Waals surface area contributed by atoms with Crippen molar-refractivity contribution in [2.45, 2.75) is 39.2 Å². The Kier molecular flexibility index (Phi) is 7.46. The molecule has 2 rings (SSSR count). The van der Waals surface area contributed by atoms with Gasteiger partial charge in [-0.2, -0.15) is 0 Å². The second-order valence-electron chi connectivity index (χ2n) is 7.38. The van der Waals surface area contributed by atoms with Crippen molar-refractivity contribution >= 4 is 46.2 Å². The summed E-state index contributed by atoms with van der Waals surface area (Å²) in [7, 11) is 0. The highest BCUT2D eigenvalue weighted by atomic mass is 127. The van der Waals surface area contributed by atoms with E-state index in [0.29, 0.717) is 31.6 Å². The molecular weight excluding hydrogens is 463 g/mol. The molecule has 2 amide bonds. The summed E-state index contributed by atoms with van der Waals surface area (Å²) in [5.74, 6) is -1.09. The normalized spacial score (nSPS) is 15.2. The molecule has 8 heteroatoms. The second kappa shape index (κ2) is 9.38. The molecule has 1 aliphatic heterocycles. The van der Waals surface area contributed by atoms with Crippen molar-refractivity contribution in [2.75, 3.05) is 25.0 Å². The summed E-state index contributed by atoms with van der Waals surface area (Å²) >= 11 is 2.12. The first-order chi connectivity index (χ1) is 12.7. The molecule has 1 heterocycles. The maximum absolute atomic E-state index is 12.2. The highest BCUT2D eigenvalue weighted by Crippen LogP contribution is 2.21. The van der Waals surface area contributed by atoms with Gasteiger partial charge in [-0.05, 0) is 68.3 Å². The van der Waals surface area contributed by atoms with Crippen LogP contribution in [0.1, 0.15) is 33.6 Å². The van der Waals surface area contributed by atoms with Gasteiger partial charge >= 0.3 is 12.1 Å². The summed E-state index contributed by atoms with van der Waals surface area (Å²) in [6.07, 6.45) is 0.623. The van der Waals surface area contributed by atoms with E-state index in [1.54, 1.807) is 11.0 Å². The van der Waals surface area contributed by atoms with E-state index in [-0.39, 0.29) is 24.5 Å². The molecule has 0 radical (unpaired) electrons. The van der Waals surface area contributed by atoms with E-state index in [0.717, 1.165) is 3.57 Å². The van der Waals surface area contributed by atoms with Crippen LogP contribution in [0.5, 0.6) is 0 Å². The summed E-state index contributed by atoms with van der Waals surface area (Å²) < 4.78 is 11.4. The van der Waals surface area contributed by atoms with Gasteiger partial charge in [0, 0.05) is 16.7 Å². The molecule has 1 saturated heterocycles. The molecule has 1 aromatic carbocycles. The van der Waals surface area contributed by atoms with Gasteiger partial charge in [-0.3, -0.25) is 9.59 Å². The number of benzene rings is 1. The number of nitrogens with one attached hydrogen (secondary N) is 1. The molecule has 0 bridgehead atoms. The standard InChI is InChI=1S/C19H25IN2O5/c1-19(2,3)27-18(25)22-10-8-13(9-11-22)17(24)26-12-16(23)21-15-7-5-4-6-14(15)20/h4-7,13H,8-12H2,1-3H3,(H,21,23).